The molecule has 0 aliphatic carbocycles. The smallest absolute Gasteiger partial charge is 0.240 e. The molecule has 0 fully saturated rings. The van der Waals surface area contributed by atoms with Gasteiger partial charge in [0.15, 0.2) is 0 Å². The Labute approximate surface area is 175 Å². The van der Waals surface area contributed by atoms with E-state index in [1.807, 2.05) is 30.3 Å². The molecule has 0 heterocycles. The van der Waals surface area contributed by atoms with Crippen molar-refractivity contribution in [2.75, 3.05) is 13.7 Å². The number of benzene rings is 2. The van der Waals surface area contributed by atoms with Gasteiger partial charge in [0.05, 0.1) is 24.4 Å². The van der Waals surface area contributed by atoms with E-state index < -0.39 is 0 Å². The highest BCUT2D eigenvalue weighted by Gasteiger charge is 2.15. The number of nitrogens with zero attached hydrogens (tertiary/aromatic N) is 1. The van der Waals surface area contributed by atoms with E-state index in [9.17, 15) is 4.79 Å². The molecule has 0 atom stereocenters. The number of methoxy groups -OCH3 is 1. The molecule has 6 heteroatoms. The van der Waals surface area contributed by atoms with Crippen LogP contribution in [0, 0.1) is 0 Å². The van der Waals surface area contributed by atoms with Gasteiger partial charge in [0.1, 0.15) is 11.5 Å². The summed E-state index contributed by atoms with van der Waals surface area (Å²) in [7, 11) is 1.62. The number of halogens is 1. The van der Waals surface area contributed by atoms with Gasteiger partial charge in [0.2, 0.25) is 5.91 Å². The number of nitrogens with one attached hydrogen (secondary N) is 1. The highest BCUT2D eigenvalue weighted by Crippen LogP contribution is 2.31. The van der Waals surface area contributed by atoms with Crippen LogP contribution in [0.2, 0.25) is 0 Å². The topological polar surface area (TPSA) is 59.9 Å². The van der Waals surface area contributed by atoms with Crippen molar-refractivity contribution in [1.29, 1.82) is 0 Å². The first-order valence-corrected chi connectivity index (χ1v) is 9.97. The van der Waals surface area contributed by atoms with E-state index in [1.165, 1.54) is 5.56 Å². The Morgan fingerprint density at radius 2 is 1.89 bits per heavy atom. The average molecular weight is 447 g/mol. The lowest BCUT2D eigenvalue weighted by atomic mass is 9.87. The summed E-state index contributed by atoms with van der Waals surface area (Å²) in [5.41, 5.74) is 4.74. The zero-order chi connectivity index (χ0) is 20.6. The summed E-state index contributed by atoms with van der Waals surface area (Å²) in [6.45, 7) is 6.98. The summed E-state index contributed by atoms with van der Waals surface area (Å²) in [6, 6.07) is 13.5. The lowest BCUT2D eigenvalue weighted by Gasteiger charge is -2.20. The molecule has 0 aliphatic rings. The maximum atomic E-state index is 11.9. The average Bonchev–Trinajstić information content (AvgIpc) is 2.66. The second-order valence-corrected chi connectivity index (χ2v) is 8.27. The molecule has 0 radical (unpaired) electrons. The van der Waals surface area contributed by atoms with Gasteiger partial charge in [-0.3, -0.25) is 4.79 Å². The predicted molar refractivity (Wildman–Crippen MR) is 116 cm³/mol. The van der Waals surface area contributed by atoms with Gasteiger partial charge < -0.3 is 9.47 Å². The van der Waals surface area contributed by atoms with Crippen LogP contribution < -0.4 is 14.9 Å². The van der Waals surface area contributed by atoms with Crippen LogP contribution in [-0.4, -0.2) is 25.8 Å². The molecule has 2 aromatic carbocycles. The van der Waals surface area contributed by atoms with Crippen LogP contribution in [0.4, 0.5) is 0 Å². The van der Waals surface area contributed by atoms with Gasteiger partial charge >= 0.3 is 0 Å². The summed E-state index contributed by atoms with van der Waals surface area (Å²) in [5.74, 6) is 1.42. The summed E-state index contributed by atoms with van der Waals surface area (Å²) >= 11 is 3.55. The molecular weight excluding hydrogens is 420 g/mol. The number of hydrogen-bond acceptors (Lipinski definition) is 4. The molecule has 2 rings (SSSR count). The summed E-state index contributed by atoms with van der Waals surface area (Å²) < 4.78 is 11.8. The summed E-state index contributed by atoms with van der Waals surface area (Å²) in [5, 5.41) is 3.97. The first-order valence-electron chi connectivity index (χ1n) is 9.18. The Kier molecular flexibility index (Phi) is 8.05. The SMILES string of the molecule is COc1ccc(/C=N/NC(=O)CCCOc2ccc(C(C)(C)C)cc2Br)cc1. The van der Waals surface area contributed by atoms with Gasteiger partial charge in [-0.15, -0.1) is 0 Å². The molecule has 0 unspecified atom stereocenters. The Balaban J connectivity index is 1.71. The molecule has 0 saturated carbocycles. The monoisotopic (exact) mass is 446 g/mol. The number of hydrazone groups is 1. The van der Waals surface area contributed by atoms with Crippen LogP contribution >= 0.6 is 15.9 Å². The van der Waals surface area contributed by atoms with Crippen LogP contribution in [0.25, 0.3) is 0 Å². The molecule has 0 aromatic heterocycles. The van der Waals surface area contributed by atoms with Gasteiger partial charge in [0.25, 0.3) is 0 Å². The van der Waals surface area contributed by atoms with Crippen LogP contribution in [-0.2, 0) is 10.2 Å². The molecule has 0 saturated heterocycles. The standard InChI is InChI=1S/C22H27BrN2O3/c1-22(2,3)17-9-12-20(19(23)14-17)28-13-5-6-21(26)25-24-15-16-7-10-18(27-4)11-8-16/h7-12,14-15H,5-6,13H2,1-4H3,(H,25,26)/b24-15+. The van der Waals surface area contributed by atoms with E-state index in [4.69, 9.17) is 9.47 Å². The van der Waals surface area contributed by atoms with E-state index in [1.54, 1.807) is 13.3 Å². The Morgan fingerprint density at radius 1 is 1.18 bits per heavy atom. The fourth-order valence-corrected chi connectivity index (χ4v) is 2.92. The largest absolute Gasteiger partial charge is 0.497 e. The Morgan fingerprint density at radius 3 is 2.50 bits per heavy atom. The Bertz CT molecular complexity index is 812. The molecule has 0 spiro atoms. The lowest BCUT2D eigenvalue weighted by Crippen LogP contribution is -2.18. The van der Waals surface area contributed by atoms with Crippen molar-refractivity contribution < 1.29 is 14.3 Å². The third kappa shape index (κ3) is 7.00. The quantitative estimate of drug-likeness (QED) is 0.350. The van der Waals surface area contributed by atoms with Crippen molar-refractivity contribution >= 4 is 28.1 Å². The third-order valence-corrected chi connectivity index (χ3v) is 4.74. The minimum absolute atomic E-state index is 0.0888. The van der Waals surface area contributed by atoms with Crippen molar-refractivity contribution in [1.82, 2.24) is 5.43 Å². The molecule has 0 bridgehead atoms. The van der Waals surface area contributed by atoms with E-state index >= 15 is 0 Å². The third-order valence-electron chi connectivity index (χ3n) is 4.12. The van der Waals surface area contributed by atoms with Gasteiger partial charge in [-0.05, 0) is 75.3 Å². The van der Waals surface area contributed by atoms with Crippen molar-refractivity contribution in [2.24, 2.45) is 5.10 Å². The highest BCUT2D eigenvalue weighted by atomic mass is 79.9. The second kappa shape index (κ2) is 10.3. The summed E-state index contributed by atoms with van der Waals surface area (Å²) in [6.07, 6.45) is 2.55. The number of rotatable bonds is 8. The normalized spacial score (nSPS) is 11.5. The fourth-order valence-electron chi connectivity index (χ4n) is 2.42. The van der Waals surface area contributed by atoms with Gasteiger partial charge in [-0.2, -0.15) is 5.10 Å². The predicted octanol–water partition coefficient (Wildman–Crippen LogP) is 5.06. The van der Waals surface area contributed by atoms with Gasteiger partial charge in [-0.1, -0.05) is 26.8 Å². The zero-order valence-corrected chi connectivity index (χ0v) is 18.4. The maximum absolute atomic E-state index is 11.9. The Hall–Kier alpha value is -2.34. The molecular formula is C22H27BrN2O3. The second-order valence-electron chi connectivity index (χ2n) is 7.41. The van der Waals surface area contributed by atoms with Crippen molar-refractivity contribution in [3.8, 4) is 11.5 Å². The van der Waals surface area contributed by atoms with E-state index in [2.05, 4.69) is 59.4 Å². The van der Waals surface area contributed by atoms with Crippen molar-refractivity contribution in [2.45, 2.75) is 39.0 Å². The van der Waals surface area contributed by atoms with Crippen molar-refractivity contribution in [3.63, 3.8) is 0 Å². The van der Waals surface area contributed by atoms with Crippen LogP contribution in [0.1, 0.15) is 44.7 Å². The van der Waals surface area contributed by atoms with Gasteiger partial charge in [0, 0.05) is 6.42 Å². The molecule has 5 nitrogen and oxygen atoms in total. The molecule has 150 valence electrons. The van der Waals surface area contributed by atoms with Crippen molar-refractivity contribution in [3.05, 3.63) is 58.1 Å². The lowest BCUT2D eigenvalue weighted by molar-refractivity contribution is -0.121. The minimum Gasteiger partial charge on any atom is -0.497 e. The molecule has 1 N–H and O–H groups in total. The van der Waals surface area contributed by atoms with E-state index in [0.29, 0.717) is 19.4 Å². The number of hydrogen-bond donors (Lipinski definition) is 1. The van der Waals surface area contributed by atoms with E-state index in [-0.39, 0.29) is 11.3 Å². The molecule has 1 amide bonds. The number of carbonyl (C=O) groups excluding carboxylic acids is 1. The van der Waals surface area contributed by atoms with Crippen LogP contribution in [0.5, 0.6) is 11.5 Å². The number of carbonyl (C=O) groups is 1. The van der Waals surface area contributed by atoms with Crippen LogP contribution in [0.15, 0.2) is 52.0 Å². The van der Waals surface area contributed by atoms with Gasteiger partial charge in [-0.25, -0.2) is 5.43 Å². The van der Waals surface area contributed by atoms with Crippen LogP contribution in [0.3, 0.4) is 0 Å². The maximum Gasteiger partial charge on any atom is 0.240 e. The number of ether oxygens (including phenoxy) is 2. The molecule has 28 heavy (non-hydrogen) atoms. The number of amides is 1. The minimum atomic E-state index is -0.143. The highest BCUT2D eigenvalue weighted by molar-refractivity contribution is 9.10. The first-order chi connectivity index (χ1) is 13.3. The summed E-state index contributed by atoms with van der Waals surface area (Å²) in [4.78, 5) is 11.9. The molecule has 2 aromatic rings. The first kappa shape index (κ1) is 22.0. The molecule has 0 aliphatic heterocycles. The zero-order valence-electron chi connectivity index (χ0n) is 16.8. The van der Waals surface area contributed by atoms with E-state index in [0.717, 1.165) is 21.5 Å². The fraction of sp³-hybridized carbons (Fsp3) is 0.364.